The van der Waals surface area contributed by atoms with Gasteiger partial charge in [-0.25, -0.2) is 0 Å². The van der Waals surface area contributed by atoms with Crippen molar-refractivity contribution in [1.82, 2.24) is 0 Å². The molecule has 0 fully saturated rings. The van der Waals surface area contributed by atoms with Gasteiger partial charge in [0, 0.05) is 0 Å². The summed E-state index contributed by atoms with van der Waals surface area (Å²) in [7, 11) is 2.16. The Labute approximate surface area is 395 Å². The van der Waals surface area contributed by atoms with Gasteiger partial charge in [-0.05, 0) is 0 Å². The molecule has 0 N–H and O–H groups in total. The molecule has 0 saturated carbocycles. The average molecular weight is 930 g/mol. The van der Waals surface area contributed by atoms with Crippen molar-refractivity contribution < 1.29 is 0 Å². The van der Waals surface area contributed by atoms with Crippen LogP contribution in [0.15, 0.2) is 121 Å². The van der Waals surface area contributed by atoms with Crippen LogP contribution < -0.4 is 4.46 Å². The monoisotopic (exact) mass is 930 g/mol. The fraction of sp³-hybridized carbons (Fsp3) is 0.300. The van der Waals surface area contributed by atoms with Gasteiger partial charge < -0.3 is 0 Å². The first-order chi connectivity index (χ1) is 30.2. The van der Waals surface area contributed by atoms with Crippen LogP contribution in [0, 0.1) is 55.4 Å². The van der Waals surface area contributed by atoms with Crippen LogP contribution in [0.25, 0.3) is 44.5 Å². The second kappa shape index (κ2) is 20.3. The van der Waals surface area contributed by atoms with Gasteiger partial charge in [-0.2, -0.15) is 0 Å². The molecule has 0 radical (unpaired) electrons. The number of unbranched alkanes of at least 4 members (excludes halogenated alkanes) is 1. The predicted octanol–water partition coefficient (Wildman–Crippen LogP) is 16.0. The van der Waals surface area contributed by atoms with Gasteiger partial charge in [-0.15, -0.1) is 0 Å². The summed E-state index contributed by atoms with van der Waals surface area (Å²) in [6.07, 6.45) is 4.07. The molecule has 0 aliphatic carbocycles. The predicted molar refractivity (Wildman–Crippen MR) is 284 cm³/mol. The number of benzene rings is 7. The Morgan fingerprint density at radius 3 is 1.03 bits per heavy atom. The maximum atomic E-state index is 4.59. The van der Waals surface area contributed by atoms with Gasteiger partial charge in [0.15, 0.2) is 0 Å². The van der Waals surface area contributed by atoms with Crippen LogP contribution in [0.1, 0.15) is 106 Å². The Balaban J connectivity index is 1.54. The van der Waals surface area contributed by atoms with E-state index in [1.807, 2.05) is 0 Å². The van der Waals surface area contributed by atoms with Crippen molar-refractivity contribution in [3.8, 4) is 44.5 Å². The van der Waals surface area contributed by atoms with Crippen molar-refractivity contribution in [2.75, 3.05) is 11.5 Å². The van der Waals surface area contributed by atoms with E-state index in [4.69, 9.17) is 0 Å². The zero-order valence-corrected chi connectivity index (χ0v) is 43.0. The maximum absolute atomic E-state index is 4.59. The number of aryl methyl sites for hydroxylation is 8. The molecule has 0 aliphatic rings. The molecule has 7 aromatic rings. The second-order valence-corrected chi connectivity index (χ2v) is 23.4. The summed E-state index contributed by atoms with van der Waals surface area (Å²) < 4.78 is 1.55. The van der Waals surface area contributed by atoms with Crippen LogP contribution in [0.3, 0.4) is 0 Å². The van der Waals surface area contributed by atoms with E-state index in [0.29, 0.717) is 0 Å². The molecule has 0 aliphatic heterocycles. The van der Waals surface area contributed by atoms with Crippen LogP contribution in [-0.4, -0.2) is 25.3 Å². The van der Waals surface area contributed by atoms with E-state index in [9.17, 15) is 0 Å². The molecule has 0 atom stereocenters. The molecule has 7 rings (SSSR count). The van der Waals surface area contributed by atoms with Crippen LogP contribution in [0.2, 0.25) is 0 Å². The second-order valence-electron chi connectivity index (χ2n) is 18.8. The van der Waals surface area contributed by atoms with Gasteiger partial charge in [0.1, 0.15) is 0 Å². The molecule has 0 aromatic heterocycles. The molecule has 0 spiro atoms. The summed E-state index contributed by atoms with van der Waals surface area (Å²) in [5, 5.41) is 0. The van der Waals surface area contributed by atoms with Crippen molar-refractivity contribution in [2.45, 2.75) is 107 Å². The minimum atomic E-state index is -0.0438. The third-order valence-electron chi connectivity index (χ3n) is 13.0. The standard InChI is InChI=1S/C60H66S2Se/c1-38-20-14-21-39(2)55(38)49-28-18-29-50(56-40(3)22-15-23-41(56)4)53(49)36-46-34-48(60(9,10)11)35-47(59(46)63-62-33-13-12-32-61)37-54-51(57-42(5)24-16-25-43(57)6)30-19-31-52(54)58-44(7)26-17-27-45(58)8/h14-31,34-35,61H,12-13,32-33,36-37H2,1-11H3. The Hall–Kier alpha value is -4.24. The van der Waals surface area contributed by atoms with Crippen molar-refractivity contribution in [3.63, 3.8) is 0 Å². The molecule has 324 valence electrons. The summed E-state index contributed by atoms with van der Waals surface area (Å²) in [5.41, 5.74) is 28.6. The summed E-state index contributed by atoms with van der Waals surface area (Å²) >= 11 is 4.78. The van der Waals surface area contributed by atoms with Crippen LogP contribution in [-0.2, 0) is 18.3 Å². The van der Waals surface area contributed by atoms with Gasteiger partial charge in [0.05, 0.1) is 0 Å². The topological polar surface area (TPSA) is 0 Å². The van der Waals surface area contributed by atoms with E-state index >= 15 is 0 Å². The summed E-state index contributed by atoms with van der Waals surface area (Å²) in [4.78, 5) is 0. The minimum absolute atomic E-state index is 0.0438. The van der Waals surface area contributed by atoms with E-state index in [1.165, 1.54) is 123 Å². The van der Waals surface area contributed by atoms with Gasteiger partial charge in [0.25, 0.3) is 0 Å². The molecule has 63 heavy (non-hydrogen) atoms. The Morgan fingerprint density at radius 1 is 0.444 bits per heavy atom. The molecule has 3 heteroatoms. The zero-order valence-electron chi connectivity index (χ0n) is 39.6. The van der Waals surface area contributed by atoms with Crippen LogP contribution in [0.5, 0.6) is 0 Å². The van der Waals surface area contributed by atoms with E-state index < -0.39 is 0 Å². The van der Waals surface area contributed by atoms with Crippen LogP contribution >= 0.6 is 22.8 Å². The molecule has 0 heterocycles. The Morgan fingerprint density at radius 2 is 0.746 bits per heavy atom. The van der Waals surface area contributed by atoms with E-state index in [-0.39, 0.29) is 19.3 Å². The number of rotatable bonds is 14. The van der Waals surface area contributed by atoms with Gasteiger partial charge >= 0.3 is 398 Å². The molecule has 0 bridgehead atoms. The number of hydrogen-bond acceptors (Lipinski definition) is 2. The summed E-state index contributed by atoms with van der Waals surface area (Å²) in [6, 6.07) is 46.5. The SMILES string of the molecule is Cc1cccc(C)c1-c1cccc(-c2c(C)cccc2C)c1Cc1cc(C(C)(C)C)cc(Cc2c(-c3c(C)cccc3C)cccc2-c2c(C)cccc2C)c1[Se]SCCCCS. The number of thiol groups is 1. The molecular formula is C60H66S2Se. The number of hydrogen-bond donors (Lipinski definition) is 1. The summed E-state index contributed by atoms with van der Waals surface area (Å²) in [6.45, 7) is 25.5. The van der Waals surface area contributed by atoms with E-state index in [0.717, 1.165) is 30.8 Å². The Kier molecular flexibility index (Phi) is 15.1. The van der Waals surface area contributed by atoms with Crippen molar-refractivity contribution in [1.29, 1.82) is 0 Å². The molecule has 0 nitrogen and oxygen atoms in total. The van der Waals surface area contributed by atoms with Crippen molar-refractivity contribution >= 4 is 41.1 Å². The van der Waals surface area contributed by atoms with Gasteiger partial charge in [-0.1, -0.05) is 0 Å². The first-order valence-corrected chi connectivity index (χ1v) is 27.3. The molecule has 7 aromatic carbocycles. The fourth-order valence-corrected chi connectivity index (χ4v) is 14.6. The van der Waals surface area contributed by atoms with Gasteiger partial charge in [0.2, 0.25) is 0 Å². The Bertz CT molecular complexity index is 2370. The normalized spacial score (nSPS) is 11.7. The van der Waals surface area contributed by atoms with Crippen molar-refractivity contribution in [3.05, 3.63) is 194 Å². The first kappa shape index (κ1) is 46.7. The van der Waals surface area contributed by atoms with Crippen LogP contribution in [0.4, 0.5) is 0 Å². The van der Waals surface area contributed by atoms with Crippen molar-refractivity contribution in [2.24, 2.45) is 0 Å². The fourth-order valence-electron chi connectivity index (χ4n) is 9.76. The van der Waals surface area contributed by atoms with Gasteiger partial charge in [-0.3, -0.25) is 0 Å². The first-order valence-electron chi connectivity index (χ1n) is 22.8. The third kappa shape index (κ3) is 10.2. The van der Waals surface area contributed by atoms with E-state index in [2.05, 4.69) is 220 Å². The average Bonchev–Trinajstić information content (AvgIpc) is 3.22. The molecule has 0 saturated heterocycles. The third-order valence-corrected chi connectivity index (χ3v) is 18.0. The quantitative estimate of drug-likeness (QED) is 0.0644. The van der Waals surface area contributed by atoms with E-state index in [1.54, 1.807) is 4.46 Å². The molecular weight excluding hydrogens is 864 g/mol. The summed E-state index contributed by atoms with van der Waals surface area (Å²) in [5.74, 6) is 2.09. The zero-order chi connectivity index (χ0) is 45.0. The molecule has 0 amide bonds. The molecule has 0 unspecified atom stereocenters.